The monoisotopic (exact) mass is 249 g/mol. The third-order valence-corrected chi connectivity index (χ3v) is 4.77. The van der Waals surface area contributed by atoms with E-state index in [9.17, 15) is 5.26 Å². The molecule has 1 saturated carbocycles. The number of H-pyrrole nitrogens is 1. The highest BCUT2D eigenvalue weighted by Gasteiger charge is 2.31. The molecule has 0 saturated heterocycles. The number of thioether (sulfide) groups is 1. The Morgan fingerprint density at radius 1 is 1.59 bits per heavy atom. The van der Waals surface area contributed by atoms with Gasteiger partial charge in [0, 0.05) is 17.6 Å². The van der Waals surface area contributed by atoms with Crippen LogP contribution in [0.3, 0.4) is 0 Å². The Bertz CT molecular complexity index is 369. The Hall–Kier alpha value is -0.950. The second-order valence-corrected chi connectivity index (χ2v) is 5.98. The summed E-state index contributed by atoms with van der Waals surface area (Å²) in [6, 6.07) is 2.47. The first-order chi connectivity index (χ1) is 8.33. The molecule has 3 unspecified atom stereocenters. The van der Waals surface area contributed by atoms with Gasteiger partial charge in [0.2, 0.25) is 0 Å². The zero-order chi connectivity index (χ0) is 12.1. The van der Waals surface area contributed by atoms with Crippen LogP contribution in [0.25, 0.3) is 0 Å². The molecule has 0 aliphatic heterocycles. The van der Waals surface area contributed by atoms with Gasteiger partial charge in [0.25, 0.3) is 0 Å². The Balaban J connectivity index is 1.98. The summed E-state index contributed by atoms with van der Waals surface area (Å²) in [5.74, 6) is 0.996. The molecular formula is C13H19N3S. The molecule has 0 spiro atoms. The van der Waals surface area contributed by atoms with E-state index in [1.807, 2.05) is 6.20 Å². The van der Waals surface area contributed by atoms with Crippen LogP contribution >= 0.6 is 11.8 Å². The summed E-state index contributed by atoms with van der Waals surface area (Å²) < 4.78 is 0. The van der Waals surface area contributed by atoms with Crippen LogP contribution in [-0.2, 0) is 0 Å². The van der Waals surface area contributed by atoms with Gasteiger partial charge in [-0.15, -0.1) is 0 Å². The van der Waals surface area contributed by atoms with Crippen molar-refractivity contribution in [2.75, 3.05) is 0 Å². The molecule has 1 fully saturated rings. The van der Waals surface area contributed by atoms with Gasteiger partial charge in [-0.2, -0.15) is 5.26 Å². The summed E-state index contributed by atoms with van der Waals surface area (Å²) in [5, 5.41) is 10.6. The van der Waals surface area contributed by atoms with Crippen molar-refractivity contribution in [2.45, 2.75) is 49.4 Å². The van der Waals surface area contributed by atoms with E-state index in [-0.39, 0.29) is 5.92 Å². The summed E-state index contributed by atoms with van der Waals surface area (Å²) in [5.41, 5.74) is 0. The van der Waals surface area contributed by atoms with E-state index in [1.54, 1.807) is 18.0 Å². The Morgan fingerprint density at radius 3 is 3.12 bits per heavy atom. The lowest BCUT2D eigenvalue weighted by atomic mass is 9.80. The first-order valence-electron chi connectivity index (χ1n) is 6.39. The SMILES string of the molecule is CCCC1CCC(C#N)C(Sc2ncc[nH]2)C1. The highest BCUT2D eigenvalue weighted by molar-refractivity contribution is 7.99. The average Bonchev–Trinajstić information content (AvgIpc) is 2.83. The van der Waals surface area contributed by atoms with E-state index >= 15 is 0 Å². The molecule has 1 aromatic heterocycles. The maximum atomic E-state index is 9.21. The molecule has 0 bridgehead atoms. The summed E-state index contributed by atoms with van der Waals surface area (Å²) in [6.07, 6.45) is 9.61. The van der Waals surface area contributed by atoms with E-state index in [4.69, 9.17) is 0 Å². The molecule has 4 heteroatoms. The average molecular weight is 249 g/mol. The van der Waals surface area contributed by atoms with Crippen LogP contribution in [0.15, 0.2) is 17.6 Å². The van der Waals surface area contributed by atoms with Crippen molar-refractivity contribution in [1.29, 1.82) is 5.26 Å². The molecule has 17 heavy (non-hydrogen) atoms. The maximum absolute atomic E-state index is 9.21. The molecule has 0 amide bonds. The summed E-state index contributed by atoms with van der Waals surface area (Å²) in [7, 11) is 0. The molecule has 3 nitrogen and oxygen atoms in total. The van der Waals surface area contributed by atoms with Crippen molar-refractivity contribution < 1.29 is 0 Å². The van der Waals surface area contributed by atoms with Gasteiger partial charge in [0.15, 0.2) is 5.16 Å². The van der Waals surface area contributed by atoms with Crippen molar-refractivity contribution in [3.05, 3.63) is 12.4 Å². The third-order valence-electron chi connectivity index (χ3n) is 3.50. The molecule has 1 heterocycles. The molecule has 92 valence electrons. The molecule has 1 aromatic rings. The largest absolute Gasteiger partial charge is 0.340 e. The minimum atomic E-state index is 0.193. The molecule has 0 radical (unpaired) electrons. The Kier molecular flexibility index (Phi) is 4.49. The van der Waals surface area contributed by atoms with Gasteiger partial charge in [-0.3, -0.25) is 0 Å². The van der Waals surface area contributed by atoms with Crippen LogP contribution in [0.2, 0.25) is 0 Å². The topological polar surface area (TPSA) is 52.5 Å². The van der Waals surface area contributed by atoms with Gasteiger partial charge >= 0.3 is 0 Å². The van der Waals surface area contributed by atoms with E-state index in [0.29, 0.717) is 5.25 Å². The normalized spacial score (nSPS) is 28.8. The van der Waals surface area contributed by atoms with E-state index in [0.717, 1.165) is 23.9 Å². The number of nitrogens with zero attached hydrogens (tertiary/aromatic N) is 2. The van der Waals surface area contributed by atoms with Crippen molar-refractivity contribution in [3.8, 4) is 6.07 Å². The van der Waals surface area contributed by atoms with E-state index in [2.05, 4.69) is 23.0 Å². The Morgan fingerprint density at radius 2 is 2.47 bits per heavy atom. The number of nitriles is 1. The number of aromatic amines is 1. The molecule has 1 aliphatic carbocycles. The fourth-order valence-corrected chi connectivity index (χ4v) is 3.89. The van der Waals surface area contributed by atoms with Crippen LogP contribution in [0.5, 0.6) is 0 Å². The molecule has 3 atom stereocenters. The second kappa shape index (κ2) is 6.11. The standard InChI is InChI=1S/C13H19N3S/c1-2-3-10-4-5-11(9-14)12(8-10)17-13-15-6-7-16-13/h6-7,10-12H,2-5,8H2,1H3,(H,15,16). The highest BCUT2D eigenvalue weighted by Crippen LogP contribution is 2.40. The lowest BCUT2D eigenvalue weighted by Gasteiger charge is -2.31. The maximum Gasteiger partial charge on any atom is 0.165 e. The third kappa shape index (κ3) is 3.26. The van der Waals surface area contributed by atoms with E-state index < -0.39 is 0 Å². The lowest BCUT2D eigenvalue weighted by Crippen LogP contribution is -2.26. The van der Waals surface area contributed by atoms with Crippen molar-refractivity contribution in [1.82, 2.24) is 9.97 Å². The summed E-state index contributed by atoms with van der Waals surface area (Å²) in [6.45, 7) is 2.24. The first-order valence-corrected chi connectivity index (χ1v) is 7.27. The molecule has 2 rings (SSSR count). The van der Waals surface area contributed by atoms with Crippen LogP contribution in [0, 0.1) is 23.2 Å². The van der Waals surface area contributed by atoms with Crippen LogP contribution in [0.1, 0.15) is 39.0 Å². The predicted molar refractivity (Wildman–Crippen MR) is 69.6 cm³/mol. The van der Waals surface area contributed by atoms with Gasteiger partial charge in [0.05, 0.1) is 12.0 Å². The van der Waals surface area contributed by atoms with Crippen LogP contribution < -0.4 is 0 Å². The fourth-order valence-electron chi connectivity index (χ4n) is 2.62. The number of nitrogens with one attached hydrogen (secondary N) is 1. The summed E-state index contributed by atoms with van der Waals surface area (Å²) in [4.78, 5) is 7.37. The predicted octanol–water partition coefficient (Wildman–Crippen LogP) is 3.61. The fraction of sp³-hybridized carbons (Fsp3) is 0.692. The number of imidazole rings is 1. The summed E-state index contributed by atoms with van der Waals surface area (Å²) >= 11 is 1.74. The zero-order valence-electron chi connectivity index (χ0n) is 10.2. The number of hydrogen-bond donors (Lipinski definition) is 1. The lowest BCUT2D eigenvalue weighted by molar-refractivity contribution is 0.306. The van der Waals surface area contributed by atoms with Crippen LogP contribution in [-0.4, -0.2) is 15.2 Å². The van der Waals surface area contributed by atoms with E-state index in [1.165, 1.54) is 19.3 Å². The Labute approximate surface area is 107 Å². The molecule has 1 aliphatic rings. The first kappa shape index (κ1) is 12.5. The minimum Gasteiger partial charge on any atom is -0.340 e. The highest BCUT2D eigenvalue weighted by atomic mass is 32.2. The molecule has 1 N–H and O–H groups in total. The van der Waals surface area contributed by atoms with Crippen LogP contribution in [0.4, 0.5) is 0 Å². The van der Waals surface area contributed by atoms with Gasteiger partial charge in [0.1, 0.15) is 0 Å². The van der Waals surface area contributed by atoms with Crippen molar-refractivity contribution in [3.63, 3.8) is 0 Å². The number of aromatic nitrogens is 2. The van der Waals surface area contributed by atoms with Gasteiger partial charge in [-0.1, -0.05) is 31.5 Å². The van der Waals surface area contributed by atoms with Crippen molar-refractivity contribution >= 4 is 11.8 Å². The quantitative estimate of drug-likeness (QED) is 0.886. The smallest absolute Gasteiger partial charge is 0.165 e. The van der Waals surface area contributed by atoms with Gasteiger partial charge in [-0.05, 0) is 25.2 Å². The number of rotatable bonds is 4. The molecular weight excluding hydrogens is 230 g/mol. The van der Waals surface area contributed by atoms with Crippen molar-refractivity contribution in [2.24, 2.45) is 11.8 Å². The second-order valence-electron chi connectivity index (χ2n) is 4.75. The number of hydrogen-bond acceptors (Lipinski definition) is 3. The zero-order valence-corrected chi connectivity index (χ0v) is 11.0. The van der Waals surface area contributed by atoms with Gasteiger partial charge < -0.3 is 4.98 Å². The van der Waals surface area contributed by atoms with Gasteiger partial charge in [-0.25, -0.2) is 4.98 Å². The molecule has 0 aromatic carbocycles. The minimum absolute atomic E-state index is 0.193.